The molecule has 0 spiro atoms. The predicted molar refractivity (Wildman–Crippen MR) is 67.5 cm³/mol. The second kappa shape index (κ2) is 9.13. The molecular weight excluding hydrogens is 259 g/mol. The second-order valence-electron chi connectivity index (χ2n) is 3.69. The zero-order valence-electron chi connectivity index (χ0n) is 10.5. The first kappa shape index (κ1) is 17.2. The number of halogens is 3. The maximum absolute atomic E-state index is 10.6. The Bertz CT molecular complexity index is 383. The van der Waals surface area contributed by atoms with Gasteiger partial charge in [-0.3, -0.25) is 4.99 Å². The van der Waals surface area contributed by atoms with Crippen LogP contribution >= 0.6 is 0 Å². The summed E-state index contributed by atoms with van der Waals surface area (Å²) in [6.45, 7) is 3.15. The van der Waals surface area contributed by atoms with E-state index in [-0.39, 0.29) is 0 Å². The summed E-state index contributed by atoms with van der Waals surface area (Å²) in [6.07, 6.45) is -0.611. The summed E-state index contributed by atoms with van der Waals surface area (Å²) in [5, 5.41) is 7.12. The van der Waals surface area contributed by atoms with E-state index in [0.29, 0.717) is 0 Å². The third kappa shape index (κ3) is 11.0. The lowest BCUT2D eigenvalue weighted by molar-refractivity contribution is -0.192. The Morgan fingerprint density at radius 2 is 1.79 bits per heavy atom. The first-order valence-corrected chi connectivity index (χ1v) is 5.64. The van der Waals surface area contributed by atoms with Crippen LogP contribution in [0.15, 0.2) is 35.3 Å². The third-order valence-corrected chi connectivity index (χ3v) is 1.93. The average molecular weight is 275 g/mol. The molecule has 0 amide bonds. The Labute approximate surface area is 109 Å². The summed E-state index contributed by atoms with van der Waals surface area (Å²) in [7, 11) is 0. The number of benzene rings is 1. The number of alkyl halides is 3. The summed E-state index contributed by atoms with van der Waals surface area (Å²) in [5.74, 6) is -2.76. The smallest absolute Gasteiger partial charge is 0.475 e. The van der Waals surface area contributed by atoms with Crippen LogP contribution < -0.4 is 0 Å². The quantitative estimate of drug-likeness (QED) is 0.788. The van der Waals surface area contributed by atoms with Crippen LogP contribution in [-0.4, -0.2) is 30.0 Å². The number of aryl methyl sites for hydroxylation is 1. The van der Waals surface area contributed by atoms with E-state index in [2.05, 4.69) is 24.0 Å². The van der Waals surface area contributed by atoms with Gasteiger partial charge in [-0.1, -0.05) is 35.9 Å². The van der Waals surface area contributed by atoms with E-state index in [1.165, 1.54) is 18.4 Å². The fraction of sp³-hybridized carbons (Fsp3) is 0.385. The molecule has 0 saturated carbocycles. The number of carbonyl (C=O) groups is 1. The molecule has 0 bridgehead atoms. The Morgan fingerprint density at radius 1 is 1.26 bits per heavy atom. The van der Waals surface area contributed by atoms with Crippen molar-refractivity contribution in [3.8, 4) is 0 Å². The van der Waals surface area contributed by atoms with Gasteiger partial charge in [0, 0.05) is 6.54 Å². The molecule has 0 fully saturated rings. The zero-order chi connectivity index (χ0) is 14.7. The number of rotatable bonds is 0. The SMILES string of the molecule is C1=NCCC1.Cc1ccccc1.O=C(O)C(F)(F)F. The van der Waals surface area contributed by atoms with Crippen LogP contribution in [0.1, 0.15) is 18.4 Å². The fourth-order valence-electron chi connectivity index (χ4n) is 0.991. The fourth-order valence-corrected chi connectivity index (χ4v) is 0.991. The molecule has 19 heavy (non-hydrogen) atoms. The van der Waals surface area contributed by atoms with Crippen LogP contribution in [0.5, 0.6) is 0 Å². The van der Waals surface area contributed by atoms with Gasteiger partial charge in [-0.15, -0.1) is 0 Å². The number of carboxylic acids is 1. The molecule has 0 aliphatic carbocycles. The highest BCUT2D eigenvalue weighted by molar-refractivity contribution is 5.73. The molecule has 1 aromatic carbocycles. The molecule has 3 nitrogen and oxygen atoms in total. The third-order valence-electron chi connectivity index (χ3n) is 1.93. The molecule has 2 rings (SSSR count). The van der Waals surface area contributed by atoms with Gasteiger partial charge in [-0.2, -0.15) is 13.2 Å². The topological polar surface area (TPSA) is 49.7 Å². The van der Waals surface area contributed by atoms with Gasteiger partial charge >= 0.3 is 12.1 Å². The second-order valence-corrected chi connectivity index (χ2v) is 3.69. The molecule has 1 aliphatic heterocycles. The molecular formula is C13H16F3NO2. The van der Waals surface area contributed by atoms with E-state index in [1.807, 2.05) is 24.4 Å². The highest BCUT2D eigenvalue weighted by Gasteiger charge is 2.38. The summed E-state index contributed by atoms with van der Waals surface area (Å²) in [5.41, 5.74) is 1.32. The molecule has 1 heterocycles. The molecule has 1 aliphatic rings. The van der Waals surface area contributed by atoms with Gasteiger partial charge < -0.3 is 5.11 Å². The predicted octanol–water partition coefficient (Wildman–Crippen LogP) is 3.48. The molecule has 1 aromatic rings. The van der Waals surface area contributed by atoms with E-state index in [1.54, 1.807) is 0 Å². The van der Waals surface area contributed by atoms with E-state index in [9.17, 15) is 13.2 Å². The summed E-state index contributed by atoms with van der Waals surface area (Å²) in [4.78, 5) is 12.9. The molecule has 106 valence electrons. The molecule has 0 saturated heterocycles. The molecule has 1 N–H and O–H groups in total. The van der Waals surface area contributed by atoms with E-state index in [4.69, 9.17) is 9.90 Å². The minimum absolute atomic E-state index is 1.07. The Balaban J connectivity index is 0.000000259. The number of hydrogen-bond donors (Lipinski definition) is 1. The zero-order valence-corrected chi connectivity index (χ0v) is 10.5. The van der Waals surface area contributed by atoms with Crippen molar-refractivity contribution in [2.75, 3.05) is 6.54 Å². The average Bonchev–Trinajstić information content (AvgIpc) is 2.88. The summed E-state index contributed by atoms with van der Waals surface area (Å²) < 4.78 is 31.7. The minimum Gasteiger partial charge on any atom is -0.475 e. The van der Waals surface area contributed by atoms with Crippen molar-refractivity contribution in [3.63, 3.8) is 0 Å². The Kier molecular flexibility index (Phi) is 8.24. The van der Waals surface area contributed by atoms with Crippen LogP contribution in [0, 0.1) is 6.92 Å². The maximum atomic E-state index is 10.6. The van der Waals surface area contributed by atoms with Crippen LogP contribution in [0.2, 0.25) is 0 Å². The molecule has 0 aromatic heterocycles. The van der Waals surface area contributed by atoms with Gasteiger partial charge in [0.25, 0.3) is 0 Å². The summed E-state index contributed by atoms with van der Waals surface area (Å²) >= 11 is 0. The van der Waals surface area contributed by atoms with Crippen molar-refractivity contribution >= 4 is 12.2 Å². The number of hydrogen-bond acceptors (Lipinski definition) is 2. The first-order valence-electron chi connectivity index (χ1n) is 5.64. The highest BCUT2D eigenvalue weighted by Crippen LogP contribution is 2.13. The van der Waals surface area contributed by atoms with Crippen LogP contribution in [-0.2, 0) is 4.79 Å². The van der Waals surface area contributed by atoms with Gasteiger partial charge in [0.1, 0.15) is 0 Å². The largest absolute Gasteiger partial charge is 0.490 e. The normalized spacial score (nSPS) is 12.8. The standard InChI is InChI=1S/C7H8.C4H7N.C2HF3O2/c1-7-5-3-2-4-6-7;1-2-4-5-3-1;3-2(4,5)1(6)7/h2-6H,1H3;3H,1-2,4H2;(H,6,7). The van der Waals surface area contributed by atoms with Crippen LogP contribution in [0.3, 0.4) is 0 Å². The van der Waals surface area contributed by atoms with E-state index in [0.717, 1.165) is 6.54 Å². The number of carboxylic acid groups (broad SMARTS) is 1. The monoisotopic (exact) mass is 275 g/mol. The number of aliphatic imine (C=N–C) groups is 1. The van der Waals surface area contributed by atoms with Crippen LogP contribution in [0.4, 0.5) is 13.2 Å². The lowest BCUT2D eigenvalue weighted by Gasteiger charge is -1.93. The molecule has 0 unspecified atom stereocenters. The maximum Gasteiger partial charge on any atom is 0.490 e. The van der Waals surface area contributed by atoms with Crippen molar-refractivity contribution < 1.29 is 23.1 Å². The molecule has 6 heteroatoms. The first-order chi connectivity index (χ1) is 8.84. The van der Waals surface area contributed by atoms with Crippen molar-refractivity contribution in [2.24, 2.45) is 4.99 Å². The minimum atomic E-state index is -5.08. The van der Waals surface area contributed by atoms with Crippen molar-refractivity contribution in [1.29, 1.82) is 0 Å². The lowest BCUT2D eigenvalue weighted by atomic mass is 10.2. The molecule has 0 radical (unpaired) electrons. The van der Waals surface area contributed by atoms with Gasteiger partial charge in [-0.05, 0) is 26.0 Å². The number of aliphatic carboxylic acids is 1. The summed E-state index contributed by atoms with van der Waals surface area (Å²) in [6, 6.07) is 10.3. The molecule has 0 atom stereocenters. The van der Waals surface area contributed by atoms with Gasteiger partial charge in [0.15, 0.2) is 0 Å². The van der Waals surface area contributed by atoms with Gasteiger partial charge in [0.05, 0.1) is 0 Å². The van der Waals surface area contributed by atoms with Crippen molar-refractivity contribution in [3.05, 3.63) is 35.9 Å². The van der Waals surface area contributed by atoms with Crippen LogP contribution in [0.25, 0.3) is 0 Å². The van der Waals surface area contributed by atoms with Gasteiger partial charge in [0.2, 0.25) is 0 Å². The van der Waals surface area contributed by atoms with E-state index < -0.39 is 12.1 Å². The van der Waals surface area contributed by atoms with Crippen molar-refractivity contribution in [2.45, 2.75) is 25.9 Å². The Hall–Kier alpha value is -1.85. The van der Waals surface area contributed by atoms with Gasteiger partial charge in [-0.25, -0.2) is 4.79 Å². The van der Waals surface area contributed by atoms with E-state index >= 15 is 0 Å². The lowest BCUT2D eigenvalue weighted by Crippen LogP contribution is -2.21. The Morgan fingerprint density at radius 3 is 1.95 bits per heavy atom. The number of nitrogens with zero attached hydrogens (tertiary/aromatic N) is 1. The highest BCUT2D eigenvalue weighted by atomic mass is 19.4. The van der Waals surface area contributed by atoms with Crippen molar-refractivity contribution in [1.82, 2.24) is 0 Å².